The number of nitrogens with zero attached hydrogens (tertiary/aromatic N) is 1. The fourth-order valence-electron chi connectivity index (χ4n) is 3.26. The summed E-state index contributed by atoms with van der Waals surface area (Å²) in [6.07, 6.45) is 2.17. The molecule has 2 unspecified atom stereocenters. The minimum atomic E-state index is -0.518. The van der Waals surface area contributed by atoms with Gasteiger partial charge in [0.15, 0.2) is 0 Å². The second kappa shape index (κ2) is 8.05. The van der Waals surface area contributed by atoms with E-state index in [-0.39, 0.29) is 29.9 Å². The molecule has 0 spiro atoms. The number of carbonyl (C=O) groups excluding carboxylic acids is 3. The van der Waals surface area contributed by atoms with Crippen LogP contribution in [0.3, 0.4) is 0 Å². The maximum atomic E-state index is 12.5. The number of hydrogen-bond acceptors (Lipinski definition) is 5. The minimum Gasteiger partial charge on any atom is -0.465 e. The molecule has 2 atom stereocenters. The number of amides is 2. The van der Waals surface area contributed by atoms with E-state index in [9.17, 15) is 14.4 Å². The van der Waals surface area contributed by atoms with Crippen molar-refractivity contribution in [1.29, 1.82) is 0 Å². The summed E-state index contributed by atoms with van der Waals surface area (Å²) in [5.41, 5.74) is 0.610. The number of esters is 1. The molecule has 0 aliphatic carbocycles. The predicted octanol–water partition coefficient (Wildman–Crippen LogP) is 2.09. The van der Waals surface area contributed by atoms with Crippen LogP contribution in [0.1, 0.15) is 29.6 Å². The van der Waals surface area contributed by atoms with Gasteiger partial charge in [0.25, 0.3) is 0 Å². The van der Waals surface area contributed by atoms with Crippen molar-refractivity contribution in [2.24, 2.45) is 5.92 Å². The fraction of sp³-hybridized carbons (Fsp3) is 0.500. The van der Waals surface area contributed by atoms with Gasteiger partial charge in [-0.3, -0.25) is 9.59 Å². The molecule has 7 nitrogen and oxygen atoms in total. The number of halogens is 1. The summed E-state index contributed by atoms with van der Waals surface area (Å²) in [7, 11) is 1.28. The number of likely N-dealkylation sites (tertiary alicyclic amines) is 1. The highest BCUT2D eigenvalue weighted by molar-refractivity contribution is 6.33. The van der Waals surface area contributed by atoms with Gasteiger partial charge in [-0.05, 0) is 31.0 Å². The Balaban J connectivity index is 1.63. The van der Waals surface area contributed by atoms with E-state index in [1.54, 1.807) is 4.90 Å². The Bertz CT molecular complexity index is 718. The Kier molecular flexibility index (Phi) is 5.78. The SMILES string of the molecule is COC(=O)c1ccc(Cl)c(NC(=O)C2CC(=O)N(CC3CCCO3)C2)c1. The number of anilines is 1. The van der Waals surface area contributed by atoms with Crippen molar-refractivity contribution < 1.29 is 23.9 Å². The van der Waals surface area contributed by atoms with E-state index in [1.807, 2.05) is 0 Å². The quantitative estimate of drug-likeness (QED) is 0.790. The fourth-order valence-corrected chi connectivity index (χ4v) is 3.42. The summed E-state index contributed by atoms with van der Waals surface area (Å²) < 4.78 is 10.2. The number of methoxy groups -OCH3 is 1. The number of carbonyl (C=O) groups is 3. The highest BCUT2D eigenvalue weighted by Gasteiger charge is 2.36. The molecule has 2 aliphatic heterocycles. The Hall–Kier alpha value is -2.12. The molecule has 0 bridgehead atoms. The van der Waals surface area contributed by atoms with Gasteiger partial charge in [-0.15, -0.1) is 0 Å². The van der Waals surface area contributed by atoms with E-state index >= 15 is 0 Å². The van der Waals surface area contributed by atoms with Gasteiger partial charge in [-0.1, -0.05) is 11.6 Å². The van der Waals surface area contributed by atoms with Gasteiger partial charge in [0.2, 0.25) is 11.8 Å². The van der Waals surface area contributed by atoms with Crippen LogP contribution >= 0.6 is 11.6 Å². The number of ether oxygens (including phenoxy) is 2. The monoisotopic (exact) mass is 380 g/mol. The molecule has 26 heavy (non-hydrogen) atoms. The largest absolute Gasteiger partial charge is 0.465 e. The predicted molar refractivity (Wildman–Crippen MR) is 95.1 cm³/mol. The van der Waals surface area contributed by atoms with Crippen molar-refractivity contribution in [2.75, 3.05) is 32.1 Å². The van der Waals surface area contributed by atoms with Crippen molar-refractivity contribution in [3.63, 3.8) is 0 Å². The molecule has 1 aromatic rings. The lowest BCUT2D eigenvalue weighted by atomic mass is 10.1. The van der Waals surface area contributed by atoms with Gasteiger partial charge in [0.1, 0.15) is 0 Å². The Labute approximate surface area is 156 Å². The highest BCUT2D eigenvalue weighted by atomic mass is 35.5. The molecule has 2 heterocycles. The van der Waals surface area contributed by atoms with E-state index in [2.05, 4.69) is 10.1 Å². The highest BCUT2D eigenvalue weighted by Crippen LogP contribution is 2.27. The van der Waals surface area contributed by atoms with Crippen LogP contribution in [0.4, 0.5) is 5.69 Å². The smallest absolute Gasteiger partial charge is 0.337 e. The first-order chi connectivity index (χ1) is 12.5. The first-order valence-electron chi connectivity index (χ1n) is 8.56. The van der Waals surface area contributed by atoms with Crippen LogP contribution < -0.4 is 5.32 Å². The zero-order valence-corrected chi connectivity index (χ0v) is 15.3. The van der Waals surface area contributed by atoms with Crippen molar-refractivity contribution in [2.45, 2.75) is 25.4 Å². The first kappa shape index (κ1) is 18.7. The lowest BCUT2D eigenvalue weighted by Gasteiger charge is -2.20. The summed E-state index contributed by atoms with van der Waals surface area (Å²) in [6, 6.07) is 4.51. The third-order valence-corrected chi connectivity index (χ3v) is 5.01. The zero-order valence-electron chi connectivity index (χ0n) is 14.5. The summed E-state index contributed by atoms with van der Waals surface area (Å²) >= 11 is 6.10. The van der Waals surface area contributed by atoms with Gasteiger partial charge in [0.05, 0.1) is 35.4 Å². The van der Waals surface area contributed by atoms with Crippen LogP contribution in [0.2, 0.25) is 5.02 Å². The number of hydrogen-bond donors (Lipinski definition) is 1. The van der Waals surface area contributed by atoms with Crippen molar-refractivity contribution >= 4 is 35.1 Å². The van der Waals surface area contributed by atoms with Crippen LogP contribution in [0, 0.1) is 5.92 Å². The van der Waals surface area contributed by atoms with Gasteiger partial charge >= 0.3 is 5.97 Å². The Morgan fingerprint density at radius 2 is 2.23 bits per heavy atom. The molecular weight excluding hydrogens is 360 g/mol. The molecule has 1 aromatic carbocycles. The average Bonchev–Trinajstić information content (AvgIpc) is 3.27. The molecule has 3 rings (SSSR count). The molecule has 2 fully saturated rings. The zero-order chi connectivity index (χ0) is 18.7. The minimum absolute atomic E-state index is 0.0462. The summed E-state index contributed by atoms with van der Waals surface area (Å²) in [5.74, 6) is -1.31. The van der Waals surface area contributed by atoms with E-state index in [0.717, 1.165) is 19.4 Å². The molecule has 8 heteroatoms. The number of rotatable bonds is 5. The second-order valence-corrected chi connectivity index (χ2v) is 6.92. The van der Waals surface area contributed by atoms with Crippen LogP contribution in [-0.2, 0) is 19.1 Å². The topological polar surface area (TPSA) is 84.9 Å². The normalized spacial score (nSPS) is 22.5. The Morgan fingerprint density at radius 1 is 1.42 bits per heavy atom. The van der Waals surface area contributed by atoms with Crippen LogP contribution in [0.15, 0.2) is 18.2 Å². The average molecular weight is 381 g/mol. The molecule has 2 amide bonds. The van der Waals surface area contributed by atoms with E-state index in [1.165, 1.54) is 25.3 Å². The van der Waals surface area contributed by atoms with E-state index in [4.69, 9.17) is 16.3 Å². The summed E-state index contributed by atoms with van der Waals surface area (Å²) in [6.45, 7) is 1.62. The molecular formula is C18H21ClN2O5. The van der Waals surface area contributed by atoms with Crippen molar-refractivity contribution in [3.05, 3.63) is 28.8 Å². The molecule has 0 saturated carbocycles. The van der Waals surface area contributed by atoms with Crippen molar-refractivity contribution in [1.82, 2.24) is 4.90 Å². The second-order valence-electron chi connectivity index (χ2n) is 6.51. The lowest BCUT2D eigenvalue weighted by molar-refractivity contribution is -0.129. The van der Waals surface area contributed by atoms with E-state index < -0.39 is 11.9 Å². The maximum absolute atomic E-state index is 12.5. The summed E-state index contributed by atoms with van der Waals surface area (Å²) in [5, 5.41) is 3.03. The van der Waals surface area contributed by atoms with Gasteiger partial charge < -0.3 is 19.7 Å². The maximum Gasteiger partial charge on any atom is 0.337 e. The molecule has 140 valence electrons. The van der Waals surface area contributed by atoms with Crippen LogP contribution in [0.25, 0.3) is 0 Å². The summed E-state index contributed by atoms with van der Waals surface area (Å²) in [4.78, 5) is 38.0. The van der Waals surface area contributed by atoms with Gasteiger partial charge in [-0.2, -0.15) is 0 Å². The third kappa shape index (κ3) is 4.16. The number of nitrogens with one attached hydrogen (secondary N) is 1. The van der Waals surface area contributed by atoms with Crippen LogP contribution in [0.5, 0.6) is 0 Å². The molecule has 2 saturated heterocycles. The number of benzene rings is 1. The first-order valence-corrected chi connectivity index (χ1v) is 8.94. The molecule has 1 N–H and O–H groups in total. The molecule has 0 radical (unpaired) electrons. The molecule has 0 aromatic heterocycles. The third-order valence-electron chi connectivity index (χ3n) is 4.68. The molecule has 2 aliphatic rings. The van der Waals surface area contributed by atoms with Crippen molar-refractivity contribution in [3.8, 4) is 0 Å². The van der Waals surface area contributed by atoms with Gasteiger partial charge in [0, 0.05) is 26.1 Å². The van der Waals surface area contributed by atoms with Gasteiger partial charge in [-0.25, -0.2) is 4.79 Å². The standard InChI is InChI=1S/C18H21ClN2O5/c1-25-18(24)11-4-5-14(19)15(7-11)20-17(23)12-8-16(22)21(9-12)10-13-3-2-6-26-13/h4-5,7,12-13H,2-3,6,8-10H2,1H3,(H,20,23). The van der Waals surface area contributed by atoms with E-state index in [0.29, 0.717) is 23.8 Å². The lowest BCUT2D eigenvalue weighted by Crippen LogP contribution is -2.34. The van der Waals surface area contributed by atoms with Crippen LogP contribution in [-0.4, -0.2) is 55.6 Å². The Morgan fingerprint density at radius 3 is 2.92 bits per heavy atom.